The molecule has 4 amide bonds. The largest absolute Gasteiger partial charge is 0.508 e. The van der Waals surface area contributed by atoms with Crippen molar-refractivity contribution in [2.24, 2.45) is 17.8 Å². The van der Waals surface area contributed by atoms with Gasteiger partial charge in [0.05, 0.1) is 18.4 Å². The molecule has 2 aliphatic carbocycles. The Morgan fingerprint density at radius 3 is 2.06 bits per heavy atom. The van der Waals surface area contributed by atoms with Gasteiger partial charge in [-0.15, -0.1) is 23.2 Å². The van der Waals surface area contributed by atoms with Gasteiger partial charge < -0.3 is 5.11 Å². The Balaban J connectivity index is 1.35. The number of phenolic OH excluding ortho intramolecular Hbond substituents is 1. The molecular formula is C37H23Cl2F5N2O5. The molecule has 4 aliphatic rings. The highest BCUT2D eigenvalue weighted by Gasteiger charge is 2.77. The van der Waals surface area contributed by atoms with E-state index in [-0.39, 0.29) is 29.0 Å². The van der Waals surface area contributed by atoms with Gasteiger partial charge in [0, 0.05) is 11.5 Å². The molecule has 0 aromatic heterocycles. The van der Waals surface area contributed by atoms with E-state index in [4.69, 9.17) is 23.2 Å². The molecule has 3 fully saturated rings. The second kappa shape index (κ2) is 11.3. The van der Waals surface area contributed by atoms with E-state index >= 15 is 8.78 Å². The summed E-state index contributed by atoms with van der Waals surface area (Å²) in [6.45, 7) is -0.0575. The van der Waals surface area contributed by atoms with E-state index in [0.29, 0.717) is 16.3 Å². The van der Waals surface area contributed by atoms with Crippen molar-refractivity contribution in [2.45, 2.75) is 35.1 Å². The summed E-state index contributed by atoms with van der Waals surface area (Å²) in [7, 11) is 0. The Kier molecular flexibility index (Phi) is 7.42. The zero-order valence-corrected chi connectivity index (χ0v) is 27.5. The molecule has 0 radical (unpaired) electrons. The van der Waals surface area contributed by atoms with Gasteiger partial charge in [-0.1, -0.05) is 72.3 Å². The molecular weight excluding hydrogens is 718 g/mol. The summed E-state index contributed by atoms with van der Waals surface area (Å²) in [5.41, 5.74) is -0.984. The van der Waals surface area contributed by atoms with Gasteiger partial charge in [-0.05, 0) is 41.2 Å². The lowest BCUT2D eigenvalue weighted by atomic mass is 9.56. The number of halogens is 7. The van der Waals surface area contributed by atoms with E-state index in [1.807, 2.05) is 0 Å². The van der Waals surface area contributed by atoms with Crippen LogP contribution < -0.4 is 4.90 Å². The van der Waals surface area contributed by atoms with Crippen LogP contribution in [0.1, 0.15) is 29.9 Å². The first-order valence-corrected chi connectivity index (χ1v) is 16.6. The molecule has 51 heavy (non-hydrogen) atoms. The quantitative estimate of drug-likeness (QED) is 0.0607. The first-order chi connectivity index (χ1) is 24.2. The van der Waals surface area contributed by atoms with Gasteiger partial charge >= 0.3 is 0 Å². The van der Waals surface area contributed by atoms with Crippen LogP contribution >= 0.6 is 23.2 Å². The number of alkyl halides is 2. The van der Waals surface area contributed by atoms with Crippen LogP contribution in [-0.4, -0.2) is 43.4 Å². The maximum Gasteiger partial charge on any atom is 0.258 e. The average molecular weight is 741 g/mol. The van der Waals surface area contributed by atoms with Crippen LogP contribution in [0.15, 0.2) is 78.4 Å². The van der Waals surface area contributed by atoms with E-state index in [9.17, 15) is 37.5 Å². The number of carbonyl (C=O) groups is 4. The minimum atomic E-state index is -2.75. The zero-order chi connectivity index (χ0) is 36.3. The number of benzene rings is 4. The zero-order valence-electron chi connectivity index (χ0n) is 26.0. The van der Waals surface area contributed by atoms with E-state index in [2.05, 4.69) is 0 Å². The van der Waals surface area contributed by atoms with Crippen LogP contribution in [0.2, 0.25) is 0 Å². The van der Waals surface area contributed by atoms with E-state index in [0.717, 1.165) is 4.90 Å². The van der Waals surface area contributed by atoms with E-state index in [1.54, 1.807) is 66.7 Å². The third kappa shape index (κ3) is 4.29. The van der Waals surface area contributed by atoms with Gasteiger partial charge in [0.15, 0.2) is 33.0 Å². The number of allylic oxidation sites excluding steroid dienone is 2. The number of anilines is 1. The maximum absolute atomic E-state index is 15.3. The fraction of sp³-hybridized carbons (Fsp3) is 0.243. The van der Waals surface area contributed by atoms with Crippen molar-refractivity contribution < 1.29 is 46.2 Å². The van der Waals surface area contributed by atoms with Gasteiger partial charge in [0.25, 0.3) is 11.8 Å². The number of fused-ring (bicyclic) bond motifs is 5. The fourth-order valence-corrected chi connectivity index (χ4v) is 9.38. The number of aromatic hydroxyl groups is 1. The van der Waals surface area contributed by atoms with Crippen LogP contribution in [-0.2, 0) is 25.7 Å². The molecule has 0 spiro atoms. The molecule has 1 saturated carbocycles. The predicted octanol–water partition coefficient (Wildman–Crippen LogP) is 7.00. The molecule has 1 N–H and O–H groups in total. The minimum absolute atomic E-state index is 0.0138. The summed E-state index contributed by atoms with van der Waals surface area (Å²) in [5.74, 6) is -21.7. The van der Waals surface area contributed by atoms with Crippen molar-refractivity contribution in [3.8, 4) is 5.75 Å². The lowest BCUT2D eigenvalue weighted by Gasteiger charge is -2.51. The highest BCUT2D eigenvalue weighted by molar-refractivity contribution is 6.58. The fourth-order valence-electron chi connectivity index (χ4n) is 8.46. The maximum atomic E-state index is 15.3. The standard InChI is InChI=1S/C37H23Cl2F5N2O5/c38-36-14-21-19(11-12-20-23(21)33(49)45(32(20)48)15-16-6-2-1-3-7-16)25(24-18-9-5-4-8-17(18)10-13-22(24)47)37(36,39)35(51)46(34(36)50)31-29(43)27(41)26(40)28(42)30(31)44/h1-11,13,20-21,23,25,47H,12,14-15H2. The lowest BCUT2D eigenvalue weighted by molar-refractivity contribution is -0.141. The topological polar surface area (TPSA) is 95.0 Å². The van der Waals surface area contributed by atoms with E-state index in [1.165, 1.54) is 6.07 Å². The highest BCUT2D eigenvalue weighted by atomic mass is 35.5. The van der Waals surface area contributed by atoms with Gasteiger partial charge in [-0.2, -0.15) is 0 Å². The predicted molar refractivity (Wildman–Crippen MR) is 174 cm³/mol. The van der Waals surface area contributed by atoms with Crippen molar-refractivity contribution in [1.82, 2.24) is 4.90 Å². The number of amides is 4. The Hall–Kier alpha value is -4.81. The van der Waals surface area contributed by atoms with Gasteiger partial charge in [0.1, 0.15) is 11.4 Å². The normalized spacial score (nSPS) is 28.6. The molecule has 4 aromatic carbocycles. The Morgan fingerprint density at radius 2 is 1.37 bits per heavy atom. The second-order valence-electron chi connectivity index (χ2n) is 13.2. The average Bonchev–Trinajstić information content (AvgIpc) is 3.45. The molecule has 14 heteroatoms. The minimum Gasteiger partial charge on any atom is -0.508 e. The first kappa shape index (κ1) is 33.3. The van der Waals surface area contributed by atoms with Crippen molar-refractivity contribution in [3.63, 3.8) is 0 Å². The van der Waals surface area contributed by atoms with E-state index < -0.39 is 104 Å². The number of hydrogen-bond acceptors (Lipinski definition) is 5. The van der Waals surface area contributed by atoms with Gasteiger partial charge in [-0.25, -0.2) is 26.9 Å². The summed E-state index contributed by atoms with van der Waals surface area (Å²) < 4.78 is 73.8. The molecule has 2 aliphatic heterocycles. The van der Waals surface area contributed by atoms with Gasteiger partial charge in [0.2, 0.25) is 17.6 Å². The number of phenols is 1. The Morgan fingerprint density at radius 1 is 0.745 bits per heavy atom. The Bertz CT molecular complexity index is 2260. The molecule has 2 saturated heterocycles. The summed E-state index contributed by atoms with van der Waals surface area (Å²) in [6, 6.07) is 18.2. The van der Waals surface area contributed by atoms with Crippen LogP contribution in [0, 0.1) is 46.8 Å². The number of nitrogens with zero attached hydrogens (tertiary/aromatic N) is 2. The van der Waals surface area contributed by atoms with Crippen molar-refractivity contribution >= 4 is 63.3 Å². The molecule has 0 bridgehead atoms. The number of likely N-dealkylation sites (tertiary alicyclic amines) is 1. The molecule has 260 valence electrons. The number of hydrogen-bond donors (Lipinski definition) is 1. The second-order valence-corrected chi connectivity index (χ2v) is 14.4. The summed E-state index contributed by atoms with van der Waals surface area (Å²) in [5, 5.41) is 12.3. The summed E-state index contributed by atoms with van der Waals surface area (Å²) >= 11 is 14.5. The molecule has 2 heterocycles. The van der Waals surface area contributed by atoms with Crippen LogP contribution in [0.5, 0.6) is 5.75 Å². The van der Waals surface area contributed by atoms with Crippen molar-refractivity contribution in [2.75, 3.05) is 4.90 Å². The highest BCUT2D eigenvalue weighted by Crippen LogP contribution is 2.67. The van der Waals surface area contributed by atoms with Crippen molar-refractivity contribution in [1.29, 1.82) is 0 Å². The van der Waals surface area contributed by atoms with Crippen LogP contribution in [0.25, 0.3) is 10.8 Å². The molecule has 6 unspecified atom stereocenters. The van der Waals surface area contributed by atoms with Gasteiger partial charge in [-0.3, -0.25) is 24.1 Å². The lowest BCUT2D eigenvalue weighted by Crippen LogP contribution is -2.60. The first-order valence-electron chi connectivity index (χ1n) is 15.8. The SMILES string of the molecule is O=C1C2CC=C3C(CC4(Cl)C(=O)N(c5c(F)c(F)c(F)c(F)c5F)C(=O)C4(Cl)C3c3c(O)ccc4ccccc34)C2C(=O)N1Cc1ccccc1. The molecule has 7 nitrogen and oxygen atoms in total. The number of rotatable bonds is 4. The van der Waals surface area contributed by atoms with Crippen LogP contribution in [0.3, 0.4) is 0 Å². The molecule has 4 aromatic rings. The van der Waals surface area contributed by atoms with Crippen LogP contribution in [0.4, 0.5) is 27.6 Å². The summed E-state index contributed by atoms with van der Waals surface area (Å²) in [4.78, 5) is 52.4. The number of imide groups is 2. The Labute approximate surface area is 295 Å². The monoisotopic (exact) mass is 740 g/mol. The molecule has 8 rings (SSSR count). The number of carbonyl (C=O) groups excluding carboxylic acids is 4. The molecule has 6 atom stereocenters. The third-order valence-electron chi connectivity index (χ3n) is 10.7. The third-order valence-corrected chi connectivity index (χ3v) is 12.1. The summed E-state index contributed by atoms with van der Waals surface area (Å²) in [6.07, 6.45) is 0.941. The smallest absolute Gasteiger partial charge is 0.258 e. The van der Waals surface area contributed by atoms with Crippen molar-refractivity contribution in [3.05, 3.63) is 119 Å².